The SMILES string of the molecule is NCCCCC(NC(=O)C1CCCN1)C(=O)NC(Cc1ccc(O)cc1)C(=O)NC(Cc1c[nH]c2ccccc12)C(=O)O. The Bertz CT molecular complexity index is 1400. The fourth-order valence-corrected chi connectivity index (χ4v) is 5.28. The Morgan fingerprint density at radius 2 is 1.63 bits per heavy atom. The van der Waals surface area contributed by atoms with Crippen LogP contribution in [0.1, 0.15) is 43.2 Å². The Kier molecular flexibility index (Phi) is 11.1. The van der Waals surface area contributed by atoms with Gasteiger partial charge >= 0.3 is 5.97 Å². The molecule has 4 atom stereocenters. The normalized spacial score (nSPS) is 16.7. The van der Waals surface area contributed by atoms with Crippen LogP contribution in [0.15, 0.2) is 54.7 Å². The molecule has 2 aromatic carbocycles. The number of carbonyl (C=O) groups is 4. The number of aromatic amines is 1. The molecule has 0 radical (unpaired) electrons. The molecule has 1 aliphatic heterocycles. The van der Waals surface area contributed by atoms with E-state index in [9.17, 15) is 29.4 Å². The molecule has 1 aromatic heterocycles. The number of carboxylic acids is 1. The Morgan fingerprint density at radius 1 is 0.907 bits per heavy atom. The molecule has 1 saturated heterocycles. The highest BCUT2D eigenvalue weighted by Gasteiger charge is 2.32. The zero-order valence-electron chi connectivity index (χ0n) is 24.0. The van der Waals surface area contributed by atoms with Crippen molar-refractivity contribution in [2.45, 2.75) is 69.1 Å². The van der Waals surface area contributed by atoms with Crippen LogP contribution in [0.5, 0.6) is 5.75 Å². The van der Waals surface area contributed by atoms with E-state index >= 15 is 0 Å². The molecule has 0 bridgehead atoms. The van der Waals surface area contributed by atoms with Gasteiger partial charge in [-0.2, -0.15) is 0 Å². The Morgan fingerprint density at radius 3 is 2.33 bits per heavy atom. The van der Waals surface area contributed by atoms with Crippen LogP contribution in [0.3, 0.4) is 0 Å². The van der Waals surface area contributed by atoms with Gasteiger partial charge < -0.3 is 42.2 Å². The average molecular weight is 593 g/mol. The summed E-state index contributed by atoms with van der Waals surface area (Å²) < 4.78 is 0. The van der Waals surface area contributed by atoms with Crippen molar-refractivity contribution in [3.8, 4) is 5.75 Å². The van der Waals surface area contributed by atoms with Gasteiger partial charge in [0.2, 0.25) is 17.7 Å². The highest BCUT2D eigenvalue weighted by Crippen LogP contribution is 2.19. The van der Waals surface area contributed by atoms with Crippen LogP contribution in [0.2, 0.25) is 0 Å². The van der Waals surface area contributed by atoms with Gasteiger partial charge in [-0.1, -0.05) is 30.3 Å². The van der Waals surface area contributed by atoms with E-state index in [1.165, 1.54) is 12.1 Å². The molecule has 0 saturated carbocycles. The Balaban J connectivity index is 1.52. The van der Waals surface area contributed by atoms with E-state index in [1.807, 2.05) is 24.3 Å². The number of hydrogen-bond donors (Lipinski definition) is 8. The molecule has 12 nitrogen and oxygen atoms in total. The summed E-state index contributed by atoms with van der Waals surface area (Å²) in [6, 6.07) is 9.93. The number of carboxylic acid groups (broad SMARTS) is 1. The largest absolute Gasteiger partial charge is 0.508 e. The molecule has 4 unspecified atom stereocenters. The summed E-state index contributed by atoms with van der Waals surface area (Å²) in [7, 11) is 0. The molecule has 1 fully saturated rings. The zero-order chi connectivity index (χ0) is 30.8. The maximum atomic E-state index is 13.6. The second kappa shape index (κ2) is 15.2. The van der Waals surface area contributed by atoms with Crippen molar-refractivity contribution in [1.29, 1.82) is 0 Å². The minimum Gasteiger partial charge on any atom is -0.508 e. The number of aliphatic carboxylic acids is 1. The third kappa shape index (κ3) is 8.79. The topological polar surface area (TPSA) is 199 Å². The molecule has 0 spiro atoms. The van der Waals surface area contributed by atoms with E-state index in [1.54, 1.807) is 18.3 Å². The van der Waals surface area contributed by atoms with Crippen molar-refractivity contribution in [2.24, 2.45) is 5.73 Å². The highest BCUT2D eigenvalue weighted by molar-refractivity contribution is 5.94. The van der Waals surface area contributed by atoms with Crippen molar-refractivity contribution in [2.75, 3.05) is 13.1 Å². The maximum absolute atomic E-state index is 13.6. The molecule has 3 aromatic rings. The second-order valence-corrected chi connectivity index (χ2v) is 10.9. The number of para-hydroxylation sites is 1. The number of aromatic hydroxyl groups is 1. The summed E-state index contributed by atoms with van der Waals surface area (Å²) in [6.07, 6.45) is 4.88. The summed E-state index contributed by atoms with van der Waals surface area (Å²) in [5.41, 5.74) is 7.85. The van der Waals surface area contributed by atoms with Crippen LogP contribution in [0, 0.1) is 0 Å². The van der Waals surface area contributed by atoms with Crippen LogP contribution in [0.25, 0.3) is 10.9 Å². The minimum atomic E-state index is -1.26. The number of carbonyl (C=O) groups excluding carboxylic acids is 3. The first-order valence-corrected chi connectivity index (χ1v) is 14.7. The van der Waals surface area contributed by atoms with Gasteiger partial charge in [0.15, 0.2) is 0 Å². The molecule has 230 valence electrons. The van der Waals surface area contributed by atoms with E-state index in [2.05, 4.69) is 26.3 Å². The number of H-pyrrole nitrogens is 1. The number of fused-ring (bicyclic) bond motifs is 1. The number of nitrogens with one attached hydrogen (secondary N) is 5. The lowest BCUT2D eigenvalue weighted by molar-refractivity contribution is -0.142. The van der Waals surface area contributed by atoms with Gasteiger partial charge in [0.1, 0.15) is 23.9 Å². The first-order chi connectivity index (χ1) is 20.7. The Hall–Kier alpha value is -4.42. The van der Waals surface area contributed by atoms with Crippen LogP contribution >= 0.6 is 0 Å². The number of rotatable bonds is 15. The number of amides is 3. The standard InChI is InChI=1S/C31H40N6O6/c32-14-4-3-8-25(35-28(39)24-9-5-15-33-24)29(40)36-26(16-19-10-12-21(38)13-11-19)30(41)37-27(31(42)43)17-20-18-34-23-7-2-1-6-22(20)23/h1-2,6-7,10-13,18,24-27,33-34,38H,3-5,8-9,14-17,32H2,(H,35,39)(H,36,40)(H,37,41)(H,42,43). The van der Waals surface area contributed by atoms with E-state index in [0.29, 0.717) is 37.8 Å². The zero-order valence-corrected chi connectivity index (χ0v) is 24.0. The number of benzene rings is 2. The third-order valence-electron chi connectivity index (χ3n) is 7.68. The van der Waals surface area contributed by atoms with E-state index in [-0.39, 0.29) is 30.5 Å². The average Bonchev–Trinajstić information content (AvgIpc) is 3.68. The summed E-state index contributed by atoms with van der Waals surface area (Å²) in [5, 5.41) is 31.8. The lowest BCUT2D eigenvalue weighted by Crippen LogP contribution is -2.57. The molecule has 43 heavy (non-hydrogen) atoms. The maximum Gasteiger partial charge on any atom is 0.326 e. The first-order valence-electron chi connectivity index (χ1n) is 14.7. The monoisotopic (exact) mass is 592 g/mol. The van der Waals surface area contributed by atoms with Gasteiger partial charge in [-0.3, -0.25) is 14.4 Å². The lowest BCUT2D eigenvalue weighted by atomic mass is 10.0. The number of unbranched alkanes of at least 4 members (excludes halogenated alkanes) is 1. The molecule has 0 aliphatic carbocycles. The van der Waals surface area contributed by atoms with E-state index in [0.717, 1.165) is 29.4 Å². The number of phenolic OH excluding ortho intramolecular Hbond substituents is 1. The van der Waals surface area contributed by atoms with Gasteiger partial charge in [-0.15, -0.1) is 0 Å². The van der Waals surface area contributed by atoms with E-state index in [4.69, 9.17) is 5.73 Å². The highest BCUT2D eigenvalue weighted by atomic mass is 16.4. The number of phenols is 1. The molecule has 4 rings (SSSR count). The van der Waals surface area contributed by atoms with Gasteiger partial charge in [0, 0.05) is 29.9 Å². The van der Waals surface area contributed by atoms with Crippen LogP contribution < -0.4 is 27.0 Å². The molecule has 3 amide bonds. The summed E-state index contributed by atoms with van der Waals surface area (Å²) in [6.45, 7) is 1.16. The van der Waals surface area contributed by atoms with Crippen LogP contribution in [-0.2, 0) is 32.0 Å². The number of nitrogens with two attached hydrogens (primary N) is 1. The van der Waals surface area contributed by atoms with Gasteiger partial charge in [0.25, 0.3) is 0 Å². The van der Waals surface area contributed by atoms with Crippen molar-refractivity contribution in [3.63, 3.8) is 0 Å². The molecular formula is C31H40N6O6. The third-order valence-corrected chi connectivity index (χ3v) is 7.68. The van der Waals surface area contributed by atoms with Crippen LogP contribution in [-0.4, -0.2) is 76.1 Å². The predicted octanol–water partition coefficient (Wildman–Crippen LogP) is 1.08. The fourth-order valence-electron chi connectivity index (χ4n) is 5.28. The molecule has 12 heteroatoms. The molecular weight excluding hydrogens is 552 g/mol. The van der Waals surface area contributed by atoms with Crippen molar-refractivity contribution >= 4 is 34.6 Å². The van der Waals surface area contributed by atoms with Crippen LogP contribution in [0.4, 0.5) is 0 Å². The first kappa shape index (κ1) is 31.5. The van der Waals surface area contributed by atoms with E-state index < -0.39 is 35.9 Å². The predicted molar refractivity (Wildman–Crippen MR) is 161 cm³/mol. The van der Waals surface area contributed by atoms with Gasteiger partial charge in [-0.05, 0) is 74.5 Å². The smallest absolute Gasteiger partial charge is 0.326 e. The fraction of sp³-hybridized carbons (Fsp3) is 0.419. The Labute approximate surface area is 249 Å². The van der Waals surface area contributed by atoms with Crippen molar-refractivity contribution in [1.82, 2.24) is 26.3 Å². The van der Waals surface area contributed by atoms with Crippen molar-refractivity contribution in [3.05, 3.63) is 65.9 Å². The minimum absolute atomic E-state index is 0.0249. The lowest BCUT2D eigenvalue weighted by Gasteiger charge is -2.25. The van der Waals surface area contributed by atoms with Crippen molar-refractivity contribution < 1.29 is 29.4 Å². The molecule has 9 N–H and O–H groups in total. The molecule has 1 aliphatic rings. The van der Waals surface area contributed by atoms with Gasteiger partial charge in [-0.25, -0.2) is 4.79 Å². The summed E-state index contributed by atoms with van der Waals surface area (Å²) in [5.74, 6) is -2.69. The second-order valence-electron chi connectivity index (χ2n) is 10.9. The number of aromatic nitrogens is 1. The quantitative estimate of drug-likeness (QED) is 0.120. The number of hydrogen-bond acceptors (Lipinski definition) is 7. The van der Waals surface area contributed by atoms with Gasteiger partial charge in [0.05, 0.1) is 6.04 Å². The molecule has 2 heterocycles. The summed E-state index contributed by atoms with van der Waals surface area (Å²) in [4.78, 5) is 55.4. The summed E-state index contributed by atoms with van der Waals surface area (Å²) >= 11 is 0.